The van der Waals surface area contributed by atoms with Gasteiger partial charge in [0, 0.05) is 29.2 Å². The zero-order valence-corrected chi connectivity index (χ0v) is 16.3. The third kappa shape index (κ3) is 3.59. The maximum atomic E-state index is 12.8. The smallest absolute Gasteiger partial charge is 0.325 e. The number of benzene rings is 2. The molecule has 0 saturated carbocycles. The van der Waals surface area contributed by atoms with E-state index in [4.69, 9.17) is 0 Å². The van der Waals surface area contributed by atoms with Crippen LogP contribution in [0.3, 0.4) is 0 Å². The van der Waals surface area contributed by atoms with Gasteiger partial charge in [-0.05, 0) is 36.6 Å². The second-order valence-electron chi connectivity index (χ2n) is 7.31. The highest BCUT2D eigenvalue weighted by molar-refractivity contribution is 6.08. The third-order valence-corrected chi connectivity index (χ3v) is 5.25. The highest BCUT2D eigenvalue weighted by atomic mass is 16.2. The van der Waals surface area contributed by atoms with Crippen molar-refractivity contribution in [3.63, 3.8) is 0 Å². The Hall–Kier alpha value is -3.61. The van der Waals surface area contributed by atoms with Crippen molar-refractivity contribution in [1.82, 2.24) is 15.2 Å². The number of aromatic nitrogens is 1. The normalized spacial score (nSPS) is 16.3. The van der Waals surface area contributed by atoms with Gasteiger partial charge in [0.15, 0.2) is 0 Å². The highest BCUT2D eigenvalue weighted by Gasteiger charge is 2.39. The molecular weight excluding hydrogens is 368 g/mol. The molecule has 1 saturated heterocycles. The first-order valence-electron chi connectivity index (χ1n) is 9.47. The molecule has 1 atom stereocenters. The Labute approximate surface area is 168 Å². The van der Waals surface area contributed by atoms with E-state index in [9.17, 15) is 14.4 Å². The lowest BCUT2D eigenvalue weighted by Crippen LogP contribution is -2.38. The van der Waals surface area contributed by atoms with E-state index in [1.54, 1.807) is 0 Å². The summed E-state index contributed by atoms with van der Waals surface area (Å²) in [5, 5.41) is 6.52. The van der Waals surface area contributed by atoms with Crippen LogP contribution in [0.25, 0.3) is 10.9 Å². The molecule has 4 rings (SSSR count). The Bertz CT molecular complexity index is 1100. The fourth-order valence-electron chi connectivity index (χ4n) is 3.72. The van der Waals surface area contributed by atoms with Crippen LogP contribution in [0.1, 0.15) is 16.7 Å². The lowest BCUT2D eigenvalue weighted by molar-refractivity contribution is -0.130. The number of fused-ring (bicyclic) bond motifs is 1. The van der Waals surface area contributed by atoms with Gasteiger partial charge in [-0.3, -0.25) is 14.5 Å². The van der Waals surface area contributed by atoms with Crippen molar-refractivity contribution >= 4 is 34.4 Å². The molecule has 1 aliphatic heterocycles. The van der Waals surface area contributed by atoms with Gasteiger partial charge in [-0.1, -0.05) is 36.4 Å². The molecule has 2 heterocycles. The van der Waals surface area contributed by atoms with Crippen LogP contribution < -0.4 is 10.6 Å². The van der Waals surface area contributed by atoms with Crippen LogP contribution in [0.4, 0.5) is 10.5 Å². The summed E-state index contributed by atoms with van der Waals surface area (Å²) in [6.07, 6.45) is 2.21. The van der Waals surface area contributed by atoms with Gasteiger partial charge in [0.25, 0.3) is 5.91 Å². The van der Waals surface area contributed by atoms with Crippen LogP contribution in [0, 0.1) is 13.8 Å². The molecule has 0 bridgehead atoms. The fraction of sp³-hybridized carbons (Fsp3) is 0.227. The minimum Gasteiger partial charge on any atom is -0.361 e. The number of amides is 4. The summed E-state index contributed by atoms with van der Waals surface area (Å²) in [6, 6.07) is 12.3. The van der Waals surface area contributed by atoms with Gasteiger partial charge in [-0.2, -0.15) is 0 Å². The average molecular weight is 390 g/mol. The summed E-state index contributed by atoms with van der Waals surface area (Å²) in [6.45, 7) is 3.48. The van der Waals surface area contributed by atoms with Gasteiger partial charge in [0.2, 0.25) is 5.91 Å². The zero-order chi connectivity index (χ0) is 20.5. The maximum absolute atomic E-state index is 12.8. The predicted molar refractivity (Wildman–Crippen MR) is 111 cm³/mol. The molecule has 7 heteroatoms. The molecule has 1 unspecified atom stereocenters. The van der Waals surface area contributed by atoms with Gasteiger partial charge in [0.1, 0.15) is 12.6 Å². The summed E-state index contributed by atoms with van der Waals surface area (Å²) in [5.41, 5.74) is 4.48. The minimum atomic E-state index is -0.685. The van der Waals surface area contributed by atoms with Crippen LogP contribution >= 0.6 is 0 Å². The quantitative estimate of drug-likeness (QED) is 0.585. The number of hydrogen-bond donors (Lipinski definition) is 3. The SMILES string of the molecule is Cc1cccc(C)c1NC(=O)CN1C(=O)NC(Cc2c[nH]c3ccccc23)C1=O. The number of aromatic amines is 1. The van der Waals surface area contributed by atoms with Crippen LogP contribution in [0.2, 0.25) is 0 Å². The topological polar surface area (TPSA) is 94.3 Å². The van der Waals surface area contributed by atoms with Crippen LogP contribution in [-0.4, -0.2) is 40.3 Å². The molecule has 1 aromatic heterocycles. The molecule has 3 aromatic rings. The number of hydrogen-bond acceptors (Lipinski definition) is 3. The summed E-state index contributed by atoms with van der Waals surface area (Å²) in [7, 11) is 0. The number of para-hydroxylation sites is 2. The van der Waals surface area contributed by atoms with Crippen molar-refractivity contribution < 1.29 is 14.4 Å². The highest BCUT2D eigenvalue weighted by Crippen LogP contribution is 2.22. The van der Waals surface area contributed by atoms with Crippen molar-refractivity contribution in [1.29, 1.82) is 0 Å². The van der Waals surface area contributed by atoms with E-state index in [0.29, 0.717) is 12.1 Å². The first-order valence-corrected chi connectivity index (χ1v) is 9.47. The zero-order valence-electron chi connectivity index (χ0n) is 16.3. The predicted octanol–water partition coefficient (Wildman–Crippen LogP) is 2.89. The van der Waals surface area contributed by atoms with Crippen LogP contribution in [-0.2, 0) is 16.0 Å². The van der Waals surface area contributed by atoms with E-state index < -0.39 is 23.9 Å². The van der Waals surface area contributed by atoms with E-state index in [2.05, 4.69) is 15.6 Å². The minimum absolute atomic E-state index is 0.317. The van der Waals surface area contributed by atoms with Gasteiger partial charge in [-0.25, -0.2) is 4.79 Å². The lowest BCUT2D eigenvalue weighted by atomic mass is 10.1. The van der Waals surface area contributed by atoms with Crippen molar-refractivity contribution in [2.75, 3.05) is 11.9 Å². The number of nitrogens with zero attached hydrogens (tertiary/aromatic N) is 1. The monoisotopic (exact) mass is 390 g/mol. The molecule has 0 radical (unpaired) electrons. The van der Waals surface area contributed by atoms with Crippen molar-refractivity contribution in [3.8, 4) is 0 Å². The average Bonchev–Trinajstić information content (AvgIpc) is 3.21. The third-order valence-electron chi connectivity index (χ3n) is 5.25. The molecule has 29 heavy (non-hydrogen) atoms. The number of aryl methyl sites for hydroxylation is 2. The molecule has 4 amide bonds. The molecule has 7 nitrogen and oxygen atoms in total. The van der Waals surface area contributed by atoms with Crippen LogP contribution in [0.15, 0.2) is 48.7 Å². The Kier molecular flexibility index (Phi) is 4.80. The Balaban J connectivity index is 1.45. The summed E-state index contributed by atoms with van der Waals surface area (Å²) >= 11 is 0. The van der Waals surface area contributed by atoms with E-state index in [0.717, 1.165) is 32.5 Å². The lowest BCUT2D eigenvalue weighted by Gasteiger charge is -2.15. The van der Waals surface area contributed by atoms with Crippen LogP contribution in [0.5, 0.6) is 0 Å². The number of carbonyl (C=O) groups excluding carboxylic acids is 3. The maximum Gasteiger partial charge on any atom is 0.325 e. The van der Waals surface area contributed by atoms with Gasteiger partial charge >= 0.3 is 6.03 Å². The summed E-state index contributed by atoms with van der Waals surface area (Å²) in [4.78, 5) is 41.7. The molecule has 1 aliphatic rings. The van der Waals surface area contributed by atoms with Crippen molar-refractivity contribution in [2.45, 2.75) is 26.3 Å². The number of rotatable bonds is 5. The van der Waals surface area contributed by atoms with E-state index in [1.165, 1.54) is 0 Å². The number of H-pyrrole nitrogens is 1. The number of urea groups is 1. The Morgan fingerprint density at radius 1 is 1.07 bits per heavy atom. The largest absolute Gasteiger partial charge is 0.361 e. The van der Waals surface area contributed by atoms with E-state index >= 15 is 0 Å². The Morgan fingerprint density at radius 2 is 1.79 bits per heavy atom. The second kappa shape index (κ2) is 7.43. The number of anilines is 1. The van der Waals surface area contributed by atoms with Gasteiger partial charge < -0.3 is 15.6 Å². The molecular formula is C22H22N4O3. The molecule has 3 N–H and O–H groups in total. The second-order valence-corrected chi connectivity index (χ2v) is 7.31. The van der Waals surface area contributed by atoms with E-state index in [1.807, 2.05) is 62.5 Å². The molecule has 0 aliphatic carbocycles. The fourth-order valence-corrected chi connectivity index (χ4v) is 3.72. The molecule has 148 valence electrons. The molecule has 1 fully saturated rings. The van der Waals surface area contributed by atoms with Crippen molar-refractivity contribution in [2.24, 2.45) is 0 Å². The number of nitrogens with one attached hydrogen (secondary N) is 3. The van der Waals surface area contributed by atoms with E-state index in [-0.39, 0.29) is 6.54 Å². The number of carbonyl (C=O) groups is 3. The van der Waals surface area contributed by atoms with Gasteiger partial charge in [-0.15, -0.1) is 0 Å². The van der Waals surface area contributed by atoms with Crippen molar-refractivity contribution in [3.05, 3.63) is 65.4 Å². The number of imide groups is 1. The van der Waals surface area contributed by atoms with Gasteiger partial charge in [0.05, 0.1) is 0 Å². The summed E-state index contributed by atoms with van der Waals surface area (Å²) < 4.78 is 0. The molecule has 0 spiro atoms. The standard InChI is InChI=1S/C22H22N4O3/c1-13-6-5-7-14(2)20(13)25-19(27)12-26-21(28)18(24-22(26)29)10-15-11-23-17-9-4-3-8-16(15)17/h3-9,11,18,23H,10,12H2,1-2H3,(H,24,29)(H,25,27). The molecule has 2 aromatic carbocycles. The first kappa shape index (κ1) is 18.7. The first-order chi connectivity index (χ1) is 13.9. The summed E-state index contributed by atoms with van der Waals surface area (Å²) in [5.74, 6) is -0.796. The Morgan fingerprint density at radius 3 is 2.55 bits per heavy atom.